The summed E-state index contributed by atoms with van der Waals surface area (Å²) in [6.45, 7) is 1.50. The van der Waals surface area contributed by atoms with Crippen molar-refractivity contribution >= 4 is 17.5 Å². The van der Waals surface area contributed by atoms with Crippen LogP contribution in [0.1, 0.15) is 33.7 Å². The Morgan fingerprint density at radius 3 is 2.46 bits per heavy atom. The Kier molecular flexibility index (Phi) is 5.71. The number of nitrogens with one attached hydrogen (secondary N) is 3. The lowest BCUT2D eigenvalue weighted by molar-refractivity contribution is -1.09. The number of benzene rings is 1. The molecule has 0 saturated carbocycles. The van der Waals surface area contributed by atoms with Crippen LogP contribution in [0.4, 0.5) is 14.5 Å². The van der Waals surface area contributed by atoms with Crippen molar-refractivity contribution in [2.45, 2.75) is 18.9 Å². The lowest BCUT2D eigenvalue weighted by Gasteiger charge is -2.36. The van der Waals surface area contributed by atoms with Crippen LogP contribution in [0.2, 0.25) is 0 Å². The number of piperidine rings is 1. The highest BCUT2D eigenvalue weighted by molar-refractivity contribution is 6.08. The molecule has 2 aromatic rings. The SMILES string of the molecule is CO[N+]1(C)CCC(NC(=O)c2[nH]ncc2NC(=O)c2c(F)cccc2F)CC1. The van der Waals surface area contributed by atoms with Crippen LogP contribution >= 0.6 is 0 Å². The van der Waals surface area contributed by atoms with Crippen LogP contribution in [0.15, 0.2) is 24.4 Å². The number of amides is 2. The molecule has 1 aliphatic heterocycles. The zero-order valence-corrected chi connectivity index (χ0v) is 15.6. The monoisotopic (exact) mass is 394 g/mol. The molecule has 3 N–H and O–H groups in total. The lowest BCUT2D eigenvalue weighted by Crippen LogP contribution is -2.53. The van der Waals surface area contributed by atoms with E-state index in [4.69, 9.17) is 4.84 Å². The molecule has 1 aromatic heterocycles. The highest BCUT2D eigenvalue weighted by Gasteiger charge is 2.32. The van der Waals surface area contributed by atoms with Crippen LogP contribution in [0.5, 0.6) is 0 Å². The normalized spacial score (nSPS) is 21.9. The van der Waals surface area contributed by atoms with Crippen LogP contribution in [0, 0.1) is 11.6 Å². The molecule has 0 unspecified atom stereocenters. The summed E-state index contributed by atoms with van der Waals surface area (Å²) in [5, 5.41) is 11.5. The molecule has 8 nitrogen and oxygen atoms in total. The van der Waals surface area contributed by atoms with Gasteiger partial charge in [0.25, 0.3) is 11.8 Å². The van der Waals surface area contributed by atoms with Gasteiger partial charge in [-0.2, -0.15) is 9.75 Å². The number of hydroxylamine groups is 3. The summed E-state index contributed by atoms with van der Waals surface area (Å²) in [6.07, 6.45) is 2.67. The number of likely N-dealkylation sites (tertiary alicyclic amines) is 1. The Morgan fingerprint density at radius 2 is 1.86 bits per heavy atom. The summed E-state index contributed by atoms with van der Waals surface area (Å²) < 4.78 is 28.0. The van der Waals surface area contributed by atoms with Crippen LogP contribution in [0.3, 0.4) is 0 Å². The zero-order chi connectivity index (χ0) is 20.3. The van der Waals surface area contributed by atoms with Crippen molar-refractivity contribution in [2.75, 3.05) is 32.6 Å². The van der Waals surface area contributed by atoms with Crippen LogP contribution in [0.25, 0.3) is 0 Å². The number of aromatic amines is 1. The van der Waals surface area contributed by atoms with Crippen molar-refractivity contribution in [2.24, 2.45) is 0 Å². The largest absolute Gasteiger partial charge is 0.347 e. The van der Waals surface area contributed by atoms with Gasteiger partial charge in [-0.3, -0.25) is 14.7 Å². The van der Waals surface area contributed by atoms with Gasteiger partial charge in [-0.25, -0.2) is 13.6 Å². The molecule has 150 valence electrons. The predicted octanol–water partition coefficient (Wildman–Crippen LogP) is 1.84. The van der Waals surface area contributed by atoms with E-state index in [1.807, 2.05) is 7.05 Å². The molecule has 1 saturated heterocycles. The van der Waals surface area contributed by atoms with Crippen molar-refractivity contribution < 1.29 is 27.9 Å². The molecule has 2 amide bonds. The van der Waals surface area contributed by atoms with Gasteiger partial charge in [0.2, 0.25) is 0 Å². The molecule has 10 heteroatoms. The minimum absolute atomic E-state index is 0.0136. The molecule has 0 radical (unpaired) electrons. The third-order valence-electron chi connectivity index (χ3n) is 4.98. The molecule has 0 spiro atoms. The fourth-order valence-corrected chi connectivity index (χ4v) is 3.15. The second-order valence-electron chi connectivity index (χ2n) is 6.88. The summed E-state index contributed by atoms with van der Waals surface area (Å²) in [5.41, 5.74) is -0.669. The maximum absolute atomic E-state index is 13.8. The van der Waals surface area contributed by atoms with E-state index in [2.05, 4.69) is 20.8 Å². The molecule has 28 heavy (non-hydrogen) atoms. The second-order valence-corrected chi connectivity index (χ2v) is 6.88. The molecule has 0 atom stereocenters. The number of hydrogen-bond donors (Lipinski definition) is 3. The summed E-state index contributed by atoms with van der Waals surface area (Å²) >= 11 is 0. The summed E-state index contributed by atoms with van der Waals surface area (Å²) in [7, 11) is 3.62. The average molecular weight is 394 g/mol. The number of anilines is 1. The molecule has 0 bridgehead atoms. The summed E-state index contributed by atoms with van der Waals surface area (Å²) in [5.74, 6) is -3.45. The number of halogens is 2. The van der Waals surface area contributed by atoms with E-state index in [1.165, 1.54) is 6.20 Å². The Morgan fingerprint density at radius 1 is 1.21 bits per heavy atom. The quantitative estimate of drug-likeness (QED) is 0.675. The number of rotatable bonds is 5. The topological polar surface area (TPSA) is 96.1 Å². The average Bonchev–Trinajstić information content (AvgIpc) is 3.12. The van der Waals surface area contributed by atoms with E-state index in [9.17, 15) is 18.4 Å². The van der Waals surface area contributed by atoms with Crippen molar-refractivity contribution in [3.63, 3.8) is 0 Å². The van der Waals surface area contributed by atoms with Crippen LogP contribution < -0.4 is 10.6 Å². The van der Waals surface area contributed by atoms with E-state index in [0.717, 1.165) is 44.1 Å². The van der Waals surface area contributed by atoms with Gasteiger partial charge in [-0.15, -0.1) is 0 Å². The molecule has 0 aliphatic carbocycles. The van der Waals surface area contributed by atoms with E-state index in [-0.39, 0.29) is 17.4 Å². The molecule has 1 fully saturated rings. The van der Waals surface area contributed by atoms with E-state index in [0.29, 0.717) is 4.65 Å². The van der Waals surface area contributed by atoms with Gasteiger partial charge in [-0.1, -0.05) is 6.07 Å². The molecule has 2 heterocycles. The fourth-order valence-electron chi connectivity index (χ4n) is 3.15. The van der Waals surface area contributed by atoms with Gasteiger partial charge >= 0.3 is 0 Å². The number of carbonyl (C=O) groups is 2. The number of H-pyrrole nitrogens is 1. The Bertz CT molecular complexity index is 858. The first kappa shape index (κ1) is 19.9. The molecule has 1 aromatic carbocycles. The molecular formula is C18H22F2N5O3+. The molecule has 1 aliphatic rings. The van der Waals surface area contributed by atoms with E-state index in [1.54, 1.807) is 7.11 Å². The van der Waals surface area contributed by atoms with Crippen molar-refractivity contribution in [3.8, 4) is 0 Å². The first-order valence-electron chi connectivity index (χ1n) is 8.83. The van der Waals surface area contributed by atoms with Gasteiger partial charge in [-0.05, 0) is 12.1 Å². The number of nitrogens with zero attached hydrogens (tertiary/aromatic N) is 2. The van der Waals surface area contributed by atoms with E-state index >= 15 is 0 Å². The molecule has 3 rings (SSSR count). The maximum Gasteiger partial charge on any atom is 0.271 e. The van der Waals surface area contributed by atoms with Gasteiger partial charge in [0.1, 0.15) is 36.0 Å². The highest BCUT2D eigenvalue weighted by atomic mass is 19.1. The zero-order valence-electron chi connectivity index (χ0n) is 15.6. The lowest BCUT2D eigenvalue weighted by atomic mass is 10.0. The summed E-state index contributed by atoms with van der Waals surface area (Å²) in [6, 6.07) is 3.08. The second kappa shape index (κ2) is 8.03. The minimum Gasteiger partial charge on any atom is -0.347 e. The highest BCUT2D eigenvalue weighted by Crippen LogP contribution is 2.20. The van der Waals surface area contributed by atoms with Gasteiger partial charge in [0.15, 0.2) is 0 Å². The fraction of sp³-hybridized carbons (Fsp3) is 0.389. The van der Waals surface area contributed by atoms with Crippen molar-refractivity contribution in [1.29, 1.82) is 0 Å². The number of quaternary nitrogens is 1. The summed E-state index contributed by atoms with van der Waals surface area (Å²) in [4.78, 5) is 30.2. The first-order valence-corrected chi connectivity index (χ1v) is 8.83. The van der Waals surface area contributed by atoms with Gasteiger partial charge < -0.3 is 10.6 Å². The van der Waals surface area contributed by atoms with Crippen molar-refractivity contribution in [3.05, 3.63) is 47.3 Å². The Hall–Kier alpha value is -2.85. The number of aromatic nitrogens is 2. The van der Waals surface area contributed by atoms with E-state index < -0.39 is 29.0 Å². The smallest absolute Gasteiger partial charge is 0.271 e. The molecular weight excluding hydrogens is 372 g/mol. The standard InChI is InChI=1S/C18H21F2N5O3/c1-25(28-2)8-6-11(7-9-25)22-18(27)16-14(10-21-24-16)23-17(26)15-12(19)4-3-5-13(15)20/h3-5,10-11H,6-9H2,1-2H3,(H2-,21,22,23,24,26,27)/p+1. The minimum atomic E-state index is -1.00. The van der Waals surface area contributed by atoms with Crippen LogP contribution in [-0.2, 0) is 4.84 Å². The third kappa shape index (κ3) is 4.18. The Labute approximate surface area is 160 Å². The maximum atomic E-state index is 13.8. The predicted molar refractivity (Wildman–Crippen MR) is 96.3 cm³/mol. The van der Waals surface area contributed by atoms with Crippen molar-refractivity contribution in [1.82, 2.24) is 15.5 Å². The van der Waals surface area contributed by atoms with Gasteiger partial charge in [0, 0.05) is 18.9 Å². The van der Waals surface area contributed by atoms with Crippen LogP contribution in [-0.4, -0.2) is 59.9 Å². The number of hydrogen-bond acceptors (Lipinski definition) is 4. The Balaban J connectivity index is 1.67. The number of carbonyl (C=O) groups excluding carboxylic acids is 2. The first-order chi connectivity index (χ1) is 13.3. The van der Waals surface area contributed by atoms with Gasteiger partial charge in [0.05, 0.1) is 26.0 Å². The third-order valence-corrected chi connectivity index (χ3v) is 4.98.